The van der Waals surface area contributed by atoms with Gasteiger partial charge in [0.2, 0.25) is 0 Å². The van der Waals surface area contributed by atoms with Crippen molar-refractivity contribution in [1.29, 1.82) is 5.26 Å². The predicted molar refractivity (Wildman–Crippen MR) is 93.8 cm³/mol. The molecule has 0 saturated heterocycles. The molecule has 0 aromatic heterocycles. The lowest BCUT2D eigenvalue weighted by Gasteiger charge is -2.15. The average molecular weight is 336 g/mol. The molecule has 0 aliphatic rings. The van der Waals surface area contributed by atoms with E-state index in [0.717, 1.165) is 11.1 Å². The van der Waals surface area contributed by atoms with Crippen molar-refractivity contribution < 1.29 is 14.3 Å². The Bertz CT molecular complexity index is 766. The molecule has 0 aliphatic carbocycles. The van der Waals surface area contributed by atoms with Gasteiger partial charge in [-0.1, -0.05) is 48.5 Å². The van der Waals surface area contributed by atoms with E-state index in [0.29, 0.717) is 18.5 Å². The molecule has 2 aromatic carbocycles. The average Bonchev–Trinajstić information content (AvgIpc) is 2.65. The lowest BCUT2D eigenvalue weighted by molar-refractivity contribution is -0.133. The van der Waals surface area contributed by atoms with Crippen molar-refractivity contribution in [3.8, 4) is 6.07 Å². The van der Waals surface area contributed by atoms with Crippen molar-refractivity contribution in [2.75, 3.05) is 20.2 Å². The van der Waals surface area contributed by atoms with E-state index in [1.807, 2.05) is 48.5 Å². The van der Waals surface area contributed by atoms with Gasteiger partial charge in [0, 0.05) is 13.6 Å². The zero-order valence-electron chi connectivity index (χ0n) is 14.1. The standard InChI is InChI=1S/C20H20N2O3/c1-22(13-7-12-21)19(23)15-25-20(24)18-11-6-5-10-17(18)14-16-8-3-2-4-9-16/h2-6,8-11H,7,13-15H2,1H3. The molecule has 0 saturated carbocycles. The van der Waals surface area contributed by atoms with Crippen LogP contribution in [0.2, 0.25) is 0 Å². The van der Waals surface area contributed by atoms with Crippen molar-refractivity contribution in [2.24, 2.45) is 0 Å². The summed E-state index contributed by atoms with van der Waals surface area (Å²) in [5.74, 6) is -0.849. The van der Waals surface area contributed by atoms with E-state index >= 15 is 0 Å². The van der Waals surface area contributed by atoms with E-state index in [-0.39, 0.29) is 18.9 Å². The van der Waals surface area contributed by atoms with Crippen LogP contribution in [0.15, 0.2) is 54.6 Å². The molecule has 0 aliphatic heterocycles. The first-order valence-corrected chi connectivity index (χ1v) is 8.01. The third-order valence-corrected chi connectivity index (χ3v) is 3.79. The van der Waals surface area contributed by atoms with Gasteiger partial charge in [-0.25, -0.2) is 4.79 Å². The van der Waals surface area contributed by atoms with Crippen LogP contribution in [0.5, 0.6) is 0 Å². The molecule has 5 nitrogen and oxygen atoms in total. The normalized spacial score (nSPS) is 9.92. The van der Waals surface area contributed by atoms with Gasteiger partial charge >= 0.3 is 5.97 Å². The number of carbonyl (C=O) groups excluding carboxylic acids is 2. The molecule has 2 rings (SSSR count). The third-order valence-electron chi connectivity index (χ3n) is 3.79. The van der Waals surface area contributed by atoms with E-state index in [9.17, 15) is 9.59 Å². The van der Waals surface area contributed by atoms with Crippen molar-refractivity contribution in [3.63, 3.8) is 0 Å². The molecule has 128 valence electrons. The zero-order valence-corrected chi connectivity index (χ0v) is 14.1. The lowest BCUT2D eigenvalue weighted by atomic mass is 10.00. The summed E-state index contributed by atoms with van der Waals surface area (Å²) in [5, 5.41) is 8.54. The van der Waals surface area contributed by atoms with Crippen LogP contribution in [-0.2, 0) is 16.0 Å². The van der Waals surface area contributed by atoms with Crippen molar-refractivity contribution in [2.45, 2.75) is 12.8 Å². The first-order chi connectivity index (χ1) is 12.1. The molecule has 1 amide bonds. The van der Waals surface area contributed by atoms with Crippen LogP contribution in [0.3, 0.4) is 0 Å². The number of ether oxygens (including phenoxy) is 1. The number of hydrogen-bond acceptors (Lipinski definition) is 4. The van der Waals surface area contributed by atoms with Gasteiger partial charge in [0.25, 0.3) is 5.91 Å². The maximum absolute atomic E-state index is 12.4. The van der Waals surface area contributed by atoms with E-state index in [4.69, 9.17) is 10.00 Å². The van der Waals surface area contributed by atoms with E-state index < -0.39 is 5.97 Å². The molecular formula is C20H20N2O3. The predicted octanol–water partition coefficient (Wildman–Crippen LogP) is 2.81. The molecule has 0 fully saturated rings. The van der Waals surface area contributed by atoms with E-state index in [1.165, 1.54) is 4.90 Å². The summed E-state index contributed by atoms with van der Waals surface area (Å²) in [6.45, 7) is -0.0160. The monoisotopic (exact) mass is 336 g/mol. The number of rotatable bonds is 7. The van der Waals surface area contributed by atoms with Gasteiger partial charge in [0.15, 0.2) is 6.61 Å². The molecule has 0 unspecified atom stereocenters. The van der Waals surface area contributed by atoms with Gasteiger partial charge < -0.3 is 9.64 Å². The molecule has 0 radical (unpaired) electrons. The zero-order chi connectivity index (χ0) is 18.1. The topological polar surface area (TPSA) is 70.4 Å². The Morgan fingerprint density at radius 2 is 1.76 bits per heavy atom. The lowest BCUT2D eigenvalue weighted by Crippen LogP contribution is -2.32. The number of hydrogen-bond donors (Lipinski definition) is 0. The molecule has 0 bridgehead atoms. The second kappa shape index (κ2) is 9.24. The minimum atomic E-state index is -0.520. The maximum Gasteiger partial charge on any atom is 0.338 e. The summed E-state index contributed by atoms with van der Waals surface area (Å²) < 4.78 is 5.16. The molecule has 5 heteroatoms. The molecule has 0 spiro atoms. The van der Waals surface area contributed by atoms with Gasteiger partial charge in [-0.3, -0.25) is 4.79 Å². The summed E-state index contributed by atoms with van der Waals surface area (Å²) in [7, 11) is 1.58. The van der Waals surface area contributed by atoms with Gasteiger partial charge in [-0.15, -0.1) is 0 Å². The second-order valence-corrected chi connectivity index (χ2v) is 5.62. The second-order valence-electron chi connectivity index (χ2n) is 5.62. The Morgan fingerprint density at radius 1 is 1.08 bits per heavy atom. The first-order valence-electron chi connectivity index (χ1n) is 8.01. The fourth-order valence-electron chi connectivity index (χ4n) is 2.35. The fourth-order valence-corrected chi connectivity index (χ4v) is 2.35. The van der Waals surface area contributed by atoms with Crippen LogP contribution in [0.4, 0.5) is 0 Å². The summed E-state index contributed by atoms with van der Waals surface area (Å²) in [4.78, 5) is 25.6. The van der Waals surface area contributed by atoms with Crippen LogP contribution in [0, 0.1) is 11.3 Å². The van der Waals surface area contributed by atoms with Crippen LogP contribution in [-0.4, -0.2) is 37.0 Å². The quantitative estimate of drug-likeness (QED) is 0.729. The molecule has 0 atom stereocenters. The number of likely N-dealkylation sites (N-methyl/N-ethyl adjacent to an activating group) is 1. The third kappa shape index (κ3) is 5.47. The molecule has 25 heavy (non-hydrogen) atoms. The molecule has 0 N–H and O–H groups in total. The highest BCUT2D eigenvalue weighted by Crippen LogP contribution is 2.15. The van der Waals surface area contributed by atoms with Crippen molar-refractivity contribution in [3.05, 3.63) is 71.3 Å². The number of benzene rings is 2. The van der Waals surface area contributed by atoms with Gasteiger partial charge in [-0.2, -0.15) is 5.26 Å². The highest BCUT2D eigenvalue weighted by molar-refractivity contribution is 5.92. The highest BCUT2D eigenvalue weighted by atomic mass is 16.5. The van der Waals surface area contributed by atoms with Gasteiger partial charge in [-0.05, 0) is 23.6 Å². The number of nitriles is 1. The Hall–Kier alpha value is -3.13. The van der Waals surface area contributed by atoms with Crippen LogP contribution in [0.1, 0.15) is 27.9 Å². The van der Waals surface area contributed by atoms with Gasteiger partial charge in [0.1, 0.15) is 0 Å². The fraction of sp³-hybridized carbons (Fsp3) is 0.250. The number of esters is 1. The van der Waals surface area contributed by atoms with Crippen LogP contribution < -0.4 is 0 Å². The molecular weight excluding hydrogens is 316 g/mol. The maximum atomic E-state index is 12.4. The Kier molecular flexibility index (Phi) is 6.73. The minimum absolute atomic E-state index is 0.246. The SMILES string of the molecule is CN(CCC#N)C(=O)COC(=O)c1ccccc1Cc1ccccc1. The summed E-state index contributed by atoms with van der Waals surface area (Å²) >= 11 is 0. The van der Waals surface area contributed by atoms with Crippen LogP contribution >= 0.6 is 0 Å². The molecule has 0 heterocycles. The molecule has 2 aromatic rings. The Morgan fingerprint density at radius 3 is 2.48 bits per heavy atom. The van der Waals surface area contributed by atoms with Crippen molar-refractivity contribution >= 4 is 11.9 Å². The minimum Gasteiger partial charge on any atom is -0.452 e. The van der Waals surface area contributed by atoms with Crippen molar-refractivity contribution in [1.82, 2.24) is 4.90 Å². The smallest absolute Gasteiger partial charge is 0.338 e. The van der Waals surface area contributed by atoms with Gasteiger partial charge in [0.05, 0.1) is 18.1 Å². The Labute approximate surface area is 147 Å². The summed E-state index contributed by atoms with van der Waals surface area (Å²) in [5.41, 5.74) is 2.40. The first kappa shape index (κ1) is 18.2. The largest absolute Gasteiger partial charge is 0.452 e. The Balaban J connectivity index is 2.00. The summed E-state index contributed by atoms with van der Waals surface area (Å²) in [6.07, 6.45) is 0.859. The van der Waals surface area contributed by atoms with E-state index in [2.05, 4.69) is 0 Å². The van der Waals surface area contributed by atoms with Crippen LogP contribution in [0.25, 0.3) is 0 Å². The highest BCUT2D eigenvalue weighted by Gasteiger charge is 2.16. The summed E-state index contributed by atoms with van der Waals surface area (Å²) in [6, 6.07) is 19.0. The number of carbonyl (C=O) groups is 2. The number of nitrogens with zero attached hydrogens (tertiary/aromatic N) is 2. The van der Waals surface area contributed by atoms with E-state index in [1.54, 1.807) is 19.2 Å². The number of amides is 1.